The second-order valence-corrected chi connectivity index (χ2v) is 6.05. The fourth-order valence-corrected chi connectivity index (χ4v) is 2.90. The monoisotopic (exact) mass is 282 g/mol. The predicted octanol–water partition coefficient (Wildman–Crippen LogP) is 3.24. The van der Waals surface area contributed by atoms with Gasteiger partial charge in [0.05, 0.1) is 12.1 Å². The minimum Gasteiger partial charge on any atom is -0.332 e. The van der Waals surface area contributed by atoms with Crippen molar-refractivity contribution in [2.45, 2.75) is 44.8 Å². The Balaban J connectivity index is 1.93. The summed E-state index contributed by atoms with van der Waals surface area (Å²) in [5.74, 6) is 0.0539. The van der Waals surface area contributed by atoms with Crippen molar-refractivity contribution in [1.82, 2.24) is 4.90 Å². The lowest BCUT2D eigenvalue weighted by molar-refractivity contribution is -0.135. The molecule has 0 aliphatic heterocycles. The Morgan fingerprint density at radius 3 is 2.43 bits per heavy atom. The summed E-state index contributed by atoms with van der Waals surface area (Å²) in [5, 5.41) is 2.44. The number of amides is 1. The van der Waals surface area contributed by atoms with Crippen LogP contribution in [0.2, 0.25) is 0 Å². The van der Waals surface area contributed by atoms with Crippen LogP contribution in [0.25, 0.3) is 10.8 Å². The van der Waals surface area contributed by atoms with E-state index >= 15 is 0 Å². The van der Waals surface area contributed by atoms with Gasteiger partial charge in [-0.1, -0.05) is 36.4 Å². The molecule has 3 heteroatoms. The zero-order valence-electron chi connectivity index (χ0n) is 12.6. The summed E-state index contributed by atoms with van der Waals surface area (Å²) >= 11 is 0. The number of fused-ring (bicyclic) bond motifs is 1. The topological polar surface area (TPSA) is 46.3 Å². The molecule has 21 heavy (non-hydrogen) atoms. The number of nitrogens with two attached hydrogens (primary N) is 1. The molecule has 0 saturated heterocycles. The molecule has 0 spiro atoms. The Bertz CT molecular complexity index is 661. The predicted molar refractivity (Wildman–Crippen MR) is 85.9 cm³/mol. The maximum atomic E-state index is 12.4. The maximum absolute atomic E-state index is 12.4. The molecule has 2 atom stereocenters. The van der Waals surface area contributed by atoms with Gasteiger partial charge in [0, 0.05) is 6.04 Å². The van der Waals surface area contributed by atoms with E-state index in [1.807, 2.05) is 17.0 Å². The second-order valence-electron chi connectivity index (χ2n) is 6.05. The van der Waals surface area contributed by atoms with Crippen LogP contribution in [-0.2, 0) is 4.79 Å². The Kier molecular flexibility index (Phi) is 3.68. The molecule has 2 N–H and O–H groups in total. The highest BCUT2D eigenvalue weighted by molar-refractivity contribution is 5.84. The van der Waals surface area contributed by atoms with Crippen molar-refractivity contribution in [2.24, 2.45) is 5.73 Å². The van der Waals surface area contributed by atoms with Crippen molar-refractivity contribution in [3.63, 3.8) is 0 Å². The van der Waals surface area contributed by atoms with Crippen LogP contribution in [0, 0.1) is 0 Å². The van der Waals surface area contributed by atoms with Gasteiger partial charge in [0.15, 0.2) is 0 Å². The van der Waals surface area contributed by atoms with Gasteiger partial charge >= 0.3 is 0 Å². The minimum atomic E-state index is -0.437. The van der Waals surface area contributed by atoms with Gasteiger partial charge in [-0.3, -0.25) is 4.79 Å². The number of nitrogens with zero attached hydrogens (tertiary/aromatic N) is 1. The lowest BCUT2D eigenvalue weighted by Crippen LogP contribution is -2.44. The summed E-state index contributed by atoms with van der Waals surface area (Å²) in [6, 6.07) is 14.7. The molecular formula is C18H22N2O. The first-order valence-corrected chi connectivity index (χ1v) is 7.64. The van der Waals surface area contributed by atoms with E-state index in [1.54, 1.807) is 6.92 Å². The van der Waals surface area contributed by atoms with E-state index in [9.17, 15) is 4.79 Å². The average Bonchev–Trinajstić information content (AvgIpc) is 3.31. The van der Waals surface area contributed by atoms with Crippen LogP contribution in [-0.4, -0.2) is 22.9 Å². The molecule has 1 amide bonds. The number of carbonyl (C=O) groups excluding carboxylic acids is 1. The molecule has 1 unspecified atom stereocenters. The maximum Gasteiger partial charge on any atom is 0.239 e. The number of benzene rings is 2. The van der Waals surface area contributed by atoms with E-state index in [0.717, 1.165) is 12.8 Å². The normalized spacial score (nSPS) is 17.5. The van der Waals surface area contributed by atoms with E-state index in [4.69, 9.17) is 5.73 Å². The third kappa shape index (κ3) is 2.79. The van der Waals surface area contributed by atoms with Crippen molar-refractivity contribution in [1.29, 1.82) is 0 Å². The second kappa shape index (κ2) is 5.49. The van der Waals surface area contributed by atoms with E-state index < -0.39 is 6.04 Å². The Morgan fingerprint density at radius 2 is 1.81 bits per heavy atom. The molecule has 2 aromatic carbocycles. The van der Waals surface area contributed by atoms with Crippen molar-refractivity contribution in [3.8, 4) is 0 Å². The van der Waals surface area contributed by atoms with Crippen LogP contribution in [0.5, 0.6) is 0 Å². The average molecular weight is 282 g/mol. The molecule has 3 nitrogen and oxygen atoms in total. The SMILES string of the molecule is CC(c1ccc2ccccc2c1)N(C(=O)[C@@H](C)N)C1CC1. The first kappa shape index (κ1) is 14.1. The minimum absolute atomic E-state index is 0.0539. The third-order valence-electron chi connectivity index (χ3n) is 4.26. The molecule has 0 radical (unpaired) electrons. The first-order chi connectivity index (χ1) is 10.1. The third-order valence-corrected chi connectivity index (χ3v) is 4.26. The molecular weight excluding hydrogens is 260 g/mol. The van der Waals surface area contributed by atoms with E-state index in [2.05, 4.69) is 37.3 Å². The number of carbonyl (C=O) groups is 1. The quantitative estimate of drug-likeness (QED) is 0.935. The fraction of sp³-hybridized carbons (Fsp3) is 0.389. The molecule has 3 rings (SSSR count). The van der Waals surface area contributed by atoms with Gasteiger partial charge in [0.2, 0.25) is 5.91 Å². The summed E-state index contributed by atoms with van der Waals surface area (Å²) < 4.78 is 0. The van der Waals surface area contributed by atoms with Gasteiger partial charge in [-0.2, -0.15) is 0 Å². The summed E-state index contributed by atoms with van der Waals surface area (Å²) in [4.78, 5) is 14.4. The van der Waals surface area contributed by atoms with Crippen LogP contribution >= 0.6 is 0 Å². The lowest BCUT2D eigenvalue weighted by atomic mass is 10.0. The Labute approximate surface area is 125 Å². The van der Waals surface area contributed by atoms with Crippen LogP contribution < -0.4 is 5.73 Å². The molecule has 0 bridgehead atoms. The standard InChI is InChI=1S/C18H22N2O/c1-12(19)18(21)20(17-9-10-17)13(2)15-8-7-14-5-3-4-6-16(14)11-15/h3-8,11-13,17H,9-10,19H2,1-2H3/t12-,13?/m1/s1. The number of hydrogen-bond donors (Lipinski definition) is 1. The molecule has 110 valence electrons. The molecule has 0 heterocycles. The van der Waals surface area contributed by atoms with E-state index in [-0.39, 0.29) is 11.9 Å². The van der Waals surface area contributed by atoms with Crippen molar-refractivity contribution in [2.75, 3.05) is 0 Å². The molecule has 2 aromatic rings. The van der Waals surface area contributed by atoms with Gasteiger partial charge in [0.1, 0.15) is 0 Å². The molecule has 0 aromatic heterocycles. The Morgan fingerprint density at radius 1 is 1.14 bits per heavy atom. The number of rotatable bonds is 4. The van der Waals surface area contributed by atoms with Crippen LogP contribution in [0.4, 0.5) is 0 Å². The van der Waals surface area contributed by atoms with Gasteiger partial charge in [-0.05, 0) is 49.1 Å². The molecule has 1 saturated carbocycles. The van der Waals surface area contributed by atoms with Crippen LogP contribution in [0.1, 0.15) is 38.3 Å². The van der Waals surface area contributed by atoms with Gasteiger partial charge in [-0.25, -0.2) is 0 Å². The first-order valence-electron chi connectivity index (χ1n) is 7.64. The molecule has 1 aliphatic carbocycles. The van der Waals surface area contributed by atoms with Gasteiger partial charge in [-0.15, -0.1) is 0 Å². The summed E-state index contributed by atoms with van der Waals surface area (Å²) in [6.45, 7) is 3.87. The summed E-state index contributed by atoms with van der Waals surface area (Å²) in [7, 11) is 0. The number of hydrogen-bond acceptors (Lipinski definition) is 2. The largest absolute Gasteiger partial charge is 0.332 e. The van der Waals surface area contributed by atoms with E-state index in [1.165, 1.54) is 16.3 Å². The highest BCUT2D eigenvalue weighted by atomic mass is 16.2. The van der Waals surface area contributed by atoms with Crippen LogP contribution in [0.3, 0.4) is 0 Å². The zero-order valence-corrected chi connectivity index (χ0v) is 12.6. The molecule has 1 fully saturated rings. The highest BCUT2D eigenvalue weighted by Crippen LogP contribution is 2.35. The van der Waals surface area contributed by atoms with Crippen molar-refractivity contribution >= 4 is 16.7 Å². The molecule has 1 aliphatic rings. The Hall–Kier alpha value is -1.87. The lowest BCUT2D eigenvalue weighted by Gasteiger charge is -2.31. The zero-order chi connectivity index (χ0) is 15.0. The van der Waals surface area contributed by atoms with Gasteiger partial charge < -0.3 is 10.6 Å². The highest BCUT2D eigenvalue weighted by Gasteiger charge is 2.37. The van der Waals surface area contributed by atoms with Gasteiger partial charge in [0.25, 0.3) is 0 Å². The summed E-state index contributed by atoms with van der Waals surface area (Å²) in [5.41, 5.74) is 6.99. The van der Waals surface area contributed by atoms with E-state index in [0.29, 0.717) is 6.04 Å². The smallest absolute Gasteiger partial charge is 0.239 e. The van der Waals surface area contributed by atoms with Crippen LogP contribution in [0.15, 0.2) is 42.5 Å². The fourth-order valence-electron chi connectivity index (χ4n) is 2.90. The van der Waals surface area contributed by atoms with Crippen molar-refractivity contribution in [3.05, 3.63) is 48.0 Å². The summed E-state index contributed by atoms with van der Waals surface area (Å²) in [6.07, 6.45) is 2.19. The van der Waals surface area contributed by atoms with Crippen molar-refractivity contribution < 1.29 is 4.79 Å².